The number of hydrazine groups is 1. The number of hydrogen-bond donors (Lipinski definition) is 2. The molecule has 5 nitrogen and oxygen atoms in total. The first-order valence-corrected chi connectivity index (χ1v) is 6.76. The molecule has 0 fully saturated rings. The minimum atomic E-state index is -0.0578. The standard InChI is InChI=1S/C16H20N4O/c1-11-4-6-13(7-5-11)10-20(3)16(21)14-8-12(2)18-15(9-14)19-17/h4-9H,10,17H2,1-3H3,(H,18,19). The Hall–Kier alpha value is -2.40. The monoisotopic (exact) mass is 284 g/mol. The van der Waals surface area contributed by atoms with Crippen LogP contribution in [0, 0.1) is 13.8 Å². The van der Waals surface area contributed by atoms with Gasteiger partial charge in [-0.05, 0) is 31.5 Å². The van der Waals surface area contributed by atoms with Crippen molar-refractivity contribution in [3.63, 3.8) is 0 Å². The van der Waals surface area contributed by atoms with Crippen LogP contribution in [0.4, 0.5) is 5.82 Å². The number of carbonyl (C=O) groups excluding carboxylic acids is 1. The van der Waals surface area contributed by atoms with Crippen LogP contribution in [0.15, 0.2) is 36.4 Å². The number of nitrogens with zero attached hydrogens (tertiary/aromatic N) is 2. The molecule has 0 atom stereocenters. The minimum absolute atomic E-state index is 0.0578. The number of aryl methyl sites for hydroxylation is 2. The van der Waals surface area contributed by atoms with Gasteiger partial charge in [0.2, 0.25) is 0 Å². The highest BCUT2D eigenvalue weighted by molar-refractivity contribution is 5.94. The zero-order valence-electron chi connectivity index (χ0n) is 12.6. The molecule has 1 heterocycles. The predicted octanol–water partition coefficient (Wildman–Crippen LogP) is 2.26. The van der Waals surface area contributed by atoms with Crippen LogP contribution >= 0.6 is 0 Å². The van der Waals surface area contributed by atoms with E-state index in [1.165, 1.54) is 5.56 Å². The Kier molecular flexibility index (Phi) is 4.55. The van der Waals surface area contributed by atoms with Crippen molar-refractivity contribution in [3.8, 4) is 0 Å². The molecular weight excluding hydrogens is 264 g/mol. The molecule has 1 aromatic heterocycles. The molecule has 2 rings (SSSR count). The van der Waals surface area contributed by atoms with Crippen molar-refractivity contribution in [3.05, 3.63) is 58.8 Å². The molecule has 0 saturated carbocycles. The molecule has 5 heteroatoms. The first kappa shape index (κ1) is 15.0. The van der Waals surface area contributed by atoms with E-state index >= 15 is 0 Å². The summed E-state index contributed by atoms with van der Waals surface area (Å²) >= 11 is 0. The van der Waals surface area contributed by atoms with Gasteiger partial charge in [0.05, 0.1) is 0 Å². The molecule has 0 spiro atoms. The van der Waals surface area contributed by atoms with E-state index in [0.29, 0.717) is 17.9 Å². The topological polar surface area (TPSA) is 71.2 Å². The Labute approximate surface area is 124 Å². The molecule has 0 radical (unpaired) electrons. The number of anilines is 1. The third-order valence-electron chi connectivity index (χ3n) is 3.24. The van der Waals surface area contributed by atoms with E-state index in [4.69, 9.17) is 5.84 Å². The number of carbonyl (C=O) groups is 1. The summed E-state index contributed by atoms with van der Waals surface area (Å²) in [6.45, 7) is 4.43. The minimum Gasteiger partial charge on any atom is -0.337 e. The number of nitrogens with one attached hydrogen (secondary N) is 1. The summed E-state index contributed by atoms with van der Waals surface area (Å²) in [5.74, 6) is 5.79. The van der Waals surface area contributed by atoms with Crippen molar-refractivity contribution in [2.45, 2.75) is 20.4 Å². The molecule has 0 aliphatic rings. The van der Waals surface area contributed by atoms with Gasteiger partial charge in [-0.25, -0.2) is 10.8 Å². The van der Waals surface area contributed by atoms with Crippen LogP contribution in [0.3, 0.4) is 0 Å². The normalized spacial score (nSPS) is 10.3. The van der Waals surface area contributed by atoms with Crippen LogP contribution in [0.2, 0.25) is 0 Å². The summed E-state index contributed by atoms with van der Waals surface area (Å²) < 4.78 is 0. The summed E-state index contributed by atoms with van der Waals surface area (Å²) in [6.07, 6.45) is 0. The number of nitrogen functional groups attached to an aromatic ring is 1. The Morgan fingerprint density at radius 3 is 2.52 bits per heavy atom. The molecule has 0 aliphatic carbocycles. The van der Waals surface area contributed by atoms with Crippen LogP contribution in [0.5, 0.6) is 0 Å². The Balaban J connectivity index is 2.15. The van der Waals surface area contributed by atoms with Gasteiger partial charge < -0.3 is 10.3 Å². The second kappa shape index (κ2) is 6.37. The van der Waals surface area contributed by atoms with Crippen LogP contribution in [0.25, 0.3) is 0 Å². The molecule has 2 aromatic rings. The zero-order chi connectivity index (χ0) is 15.4. The van der Waals surface area contributed by atoms with Gasteiger partial charge in [0.15, 0.2) is 0 Å². The summed E-state index contributed by atoms with van der Waals surface area (Å²) in [7, 11) is 1.79. The smallest absolute Gasteiger partial charge is 0.254 e. The highest BCUT2D eigenvalue weighted by Crippen LogP contribution is 2.13. The van der Waals surface area contributed by atoms with Gasteiger partial charge in [-0.2, -0.15) is 0 Å². The lowest BCUT2D eigenvalue weighted by Gasteiger charge is -2.18. The van der Waals surface area contributed by atoms with Crippen molar-refractivity contribution in [1.29, 1.82) is 0 Å². The van der Waals surface area contributed by atoms with Crippen LogP contribution < -0.4 is 11.3 Å². The largest absolute Gasteiger partial charge is 0.337 e. The number of pyridine rings is 1. The number of nitrogens with two attached hydrogens (primary N) is 1. The van der Waals surface area contributed by atoms with Gasteiger partial charge in [0.25, 0.3) is 5.91 Å². The maximum atomic E-state index is 12.5. The Morgan fingerprint density at radius 2 is 1.90 bits per heavy atom. The lowest BCUT2D eigenvalue weighted by Crippen LogP contribution is -2.26. The fraction of sp³-hybridized carbons (Fsp3) is 0.250. The molecule has 1 aromatic carbocycles. The van der Waals surface area contributed by atoms with Gasteiger partial charge in [-0.1, -0.05) is 29.8 Å². The average molecular weight is 284 g/mol. The van der Waals surface area contributed by atoms with Gasteiger partial charge in [0.1, 0.15) is 5.82 Å². The number of hydrogen-bond acceptors (Lipinski definition) is 4. The second-order valence-electron chi connectivity index (χ2n) is 5.17. The third kappa shape index (κ3) is 3.79. The summed E-state index contributed by atoms with van der Waals surface area (Å²) in [6, 6.07) is 11.6. The van der Waals surface area contributed by atoms with Gasteiger partial charge in [-0.3, -0.25) is 4.79 Å². The van der Waals surface area contributed by atoms with Crippen molar-refractivity contribution in [2.24, 2.45) is 5.84 Å². The number of aromatic nitrogens is 1. The van der Waals surface area contributed by atoms with Gasteiger partial charge in [-0.15, -0.1) is 0 Å². The number of rotatable bonds is 4. The first-order chi connectivity index (χ1) is 9.99. The molecule has 0 unspecified atom stereocenters. The maximum absolute atomic E-state index is 12.5. The van der Waals surface area contributed by atoms with Crippen molar-refractivity contribution >= 4 is 11.7 Å². The van der Waals surface area contributed by atoms with E-state index < -0.39 is 0 Å². The van der Waals surface area contributed by atoms with E-state index in [1.807, 2.05) is 38.1 Å². The Morgan fingerprint density at radius 1 is 1.24 bits per heavy atom. The van der Waals surface area contributed by atoms with Crippen LogP contribution in [-0.2, 0) is 6.54 Å². The van der Waals surface area contributed by atoms with Gasteiger partial charge >= 0.3 is 0 Å². The molecular formula is C16H20N4O. The summed E-state index contributed by atoms with van der Waals surface area (Å²) in [5, 5.41) is 0. The lowest BCUT2D eigenvalue weighted by atomic mass is 10.1. The second-order valence-corrected chi connectivity index (χ2v) is 5.17. The van der Waals surface area contributed by atoms with E-state index in [-0.39, 0.29) is 5.91 Å². The quantitative estimate of drug-likeness (QED) is 0.667. The maximum Gasteiger partial charge on any atom is 0.254 e. The lowest BCUT2D eigenvalue weighted by molar-refractivity contribution is 0.0785. The SMILES string of the molecule is Cc1ccc(CN(C)C(=O)c2cc(C)nc(NN)c2)cc1. The van der Waals surface area contributed by atoms with E-state index in [0.717, 1.165) is 11.3 Å². The number of benzene rings is 1. The molecule has 0 aliphatic heterocycles. The molecule has 1 amide bonds. The first-order valence-electron chi connectivity index (χ1n) is 6.76. The van der Waals surface area contributed by atoms with Crippen molar-refractivity contribution in [1.82, 2.24) is 9.88 Å². The van der Waals surface area contributed by atoms with E-state index in [2.05, 4.69) is 10.4 Å². The third-order valence-corrected chi connectivity index (χ3v) is 3.24. The number of amides is 1. The van der Waals surface area contributed by atoms with E-state index in [9.17, 15) is 4.79 Å². The Bertz CT molecular complexity index is 637. The average Bonchev–Trinajstić information content (AvgIpc) is 2.48. The highest BCUT2D eigenvalue weighted by Gasteiger charge is 2.13. The van der Waals surface area contributed by atoms with Crippen LogP contribution in [0.1, 0.15) is 27.2 Å². The van der Waals surface area contributed by atoms with Gasteiger partial charge in [0, 0.05) is 24.8 Å². The molecule has 0 bridgehead atoms. The molecule has 21 heavy (non-hydrogen) atoms. The molecule has 0 saturated heterocycles. The fourth-order valence-corrected chi connectivity index (χ4v) is 2.13. The fourth-order valence-electron chi connectivity index (χ4n) is 2.13. The van der Waals surface area contributed by atoms with Crippen molar-refractivity contribution in [2.75, 3.05) is 12.5 Å². The predicted molar refractivity (Wildman–Crippen MR) is 83.8 cm³/mol. The van der Waals surface area contributed by atoms with Crippen LogP contribution in [-0.4, -0.2) is 22.8 Å². The van der Waals surface area contributed by atoms with Crippen molar-refractivity contribution < 1.29 is 4.79 Å². The van der Waals surface area contributed by atoms with E-state index in [1.54, 1.807) is 24.1 Å². The summed E-state index contributed by atoms with van der Waals surface area (Å²) in [4.78, 5) is 18.3. The molecule has 110 valence electrons. The highest BCUT2D eigenvalue weighted by atomic mass is 16.2. The molecule has 3 N–H and O–H groups in total. The summed E-state index contributed by atoms with van der Waals surface area (Å²) in [5.41, 5.74) is 6.10. The zero-order valence-corrected chi connectivity index (χ0v) is 12.6.